The van der Waals surface area contributed by atoms with E-state index in [1.165, 1.54) is 13.8 Å². The van der Waals surface area contributed by atoms with Gasteiger partial charge in [0.2, 0.25) is 0 Å². The van der Waals surface area contributed by atoms with Crippen LogP contribution in [0.3, 0.4) is 0 Å². The van der Waals surface area contributed by atoms with Crippen LogP contribution in [0.15, 0.2) is 57.3 Å². The van der Waals surface area contributed by atoms with Gasteiger partial charge in [-0.15, -0.1) is 0 Å². The maximum atomic E-state index is 17.3. The second-order valence-corrected chi connectivity index (χ2v) is 18.4. The number of oxime groups is 1. The molecule has 6 atom stereocenters. The van der Waals surface area contributed by atoms with Gasteiger partial charge in [-0.3, -0.25) is 23.8 Å². The van der Waals surface area contributed by atoms with E-state index in [1.54, 1.807) is 51.1 Å². The number of carbonyl (C=O) groups is 2. The van der Waals surface area contributed by atoms with E-state index in [2.05, 4.69) is 5.16 Å². The van der Waals surface area contributed by atoms with Crippen LogP contribution in [0.5, 0.6) is 5.75 Å². The molecule has 1 unspecified atom stereocenters. The zero-order valence-electron chi connectivity index (χ0n) is 31.5. The summed E-state index contributed by atoms with van der Waals surface area (Å²) in [6.45, 7) is 12.3. The number of ether oxygens (including phenoxy) is 3. The molecule has 294 valence electrons. The SMILES string of the molecule is CCOC(=O)[C@H](C)N(OC[C@H]1O[C@@H](n2ccc(=O)n(COC(=O)CCON=C(C)C)c2=O)[C@](C)(F)[C@@H]1O[Si](CC)(CC)CC)[P+](=O)Oc1ccccc1. The first kappa shape index (κ1) is 43.6. The van der Waals surface area contributed by atoms with E-state index in [0.29, 0.717) is 28.4 Å². The third-order valence-corrected chi connectivity index (χ3v) is 14.5. The Bertz CT molecular complexity index is 1680. The summed E-state index contributed by atoms with van der Waals surface area (Å²) in [6.07, 6.45) is -3.29. The fourth-order valence-electron chi connectivity index (χ4n) is 5.55. The molecule has 0 saturated carbocycles. The van der Waals surface area contributed by atoms with Crippen molar-refractivity contribution in [3.8, 4) is 5.75 Å². The maximum Gasteiger partial charge on any atom is 0.693 e. The van der Waals surface area contributed by atoms with Gasteiger partial charge in [0.15, 0.2) is 38.7 Å². The van der Waals surface area contributed by atoms with Crippen LogP contribution in [0.25, 0.3) is 0 Å². The van der Waals surface area contributed by atoms with Crippen LogP contribution in [0.2, 0.25) is 18.1 Å². The van der Waals surface area contributed by atoms with Gasteiger partial charge in [-0.2, -0.15) is 0 Å². The molecule has 3 rings (SSSR count). The van der Waals surface area contributed by atoms with Crippen molar-refractivity contribution in [3.05, 3.63) is 63.4 Å². The molecular weight excluding hydrogens is 734 g/mol. The van der Waals surface area contributed by atoms with Gasteiger partial charge < -0.3 is 23.5 Å². The summed E-state index contributed by atoms with van der Waals surface area (Å²) in [6, 6.07) is 9.99. The third kappa shape index (κ3) is 11.4. The molecule has 0 radical (unpaired) electrons. The fraction of sp³-hybridized carbons (Fsp3) is 0.618. The summed E-state index contributed by atoms with van der Waals surface area (Å²) in [5.41, 5.74) is -3.56. The summed E-state index contributed by atoms with van der Waals surface area (Å²) in [5, 5.41) is 3.72. The third-order valence-electron chi connectivity index (χ3n) is 8.76. The van der Waals surface area contributed by atoms with Crippen molar-refractivity contribution in [1.82, 2.24) is 14.0 Å². The van der Waals surface area contributed by atoms with Crippen LogP contribution in [0.4, 0.5) is 4.39 Å². The lowest BCUT2D eigenvalue weighted by Crippen LogP contribution is -2.52. The van der Waals surface area contributed by atoms with Crippen molar-refractivity contribution >= 4 is 34.1 Å². The second kappa shape index (κ2) is 20.0. The maximum absolute atomic E-state index is 17.3. The number of halogens is 1. The van der Waals surface area contributed by atoms with Crippen LogP contribution in [-0.4, -0.2) is 83.7 Å². The van der Waals surface area contributed by atoms with E-state index >= 15 is 4.39 Å². The van der Waals surface area contributed by atoms with Gasteiger partial charge in [0, 0.05) is 16.8 Å². The van der Waals surface area contributed by atoms with Crippen molar-refractivity contribution in [2.75, 3.05) is 19.8 Å². The number of nitrogens with zero attached hydrogens (tertiary/aromatic N) is 4. The highest BCUT2D eigenvalue weighted by atomic mass is 31.1. The molecule has 53 heavy (non-hydrogen) atoms. The number of rotatable bonds is 21. The molecular formula is C34H51FN4O12PSi+. The molecule has 16 nitrogen and oxygen atoms in total. The Labute approximate surface area is 310 Å². The first-order chi connectivity index (χ1) is 25.1. The van der Waals surface area contributed by atoms with Crippen molar-refractivity contribution in [2.45, 2.75) is 117 Å². The Balaban J connectivity index is 1.96. The van der Waals surface area contributed by atoms with Gasteiger partial charge in [0.1, 0.15) is 25.4 Å². The molecule has 1 aromatic carbocycles. The minimum atomic E-state index is -2.85. The molecule has 2 heterocycles. The lowest BCUT2D eigenvalue weighted by atomic mass is 9.98. The van der Waals surface area contributed by atoms with Gasteiger partial charge in [-0.25, -0.2) is 18.3 Å². The highest BCUT2D eigenvalue weighted by Crippen LogP contribution is 2.45. The van der Waals surface area contributed by atoms with Gasteiger partial charge in [0.05, 0.1) is 23.6 Å². The molecule has 2 aromatic rings. The quantitative estimate of drug-likeness (QED) is 0.0401. The molecule has 1 aromatic heterocycles. The number of esters is 2. The average Bonchev–Trinajstić information content (AvgIpc) is 3.37. The zero-order chi connectivity index (χ0) is 39.3. The Morgan fingerprint density at radius 2 is 1.74 bits per heavy atom. The van der Waals surface area contributed by atoms with Gasteiger partial charge in [0.25, 0.3) is 5.56 Å². The molecule has 19 heteroatoms. The summed E-state index contributed by atoms with van der Waals surface area (Å²) in [7, 11) is -5.42. The van der Waals surface area contributed by atoms with Crippen LogP contribution >= 0.6 is 8.18 Å². The monoisotopic (exact) mass is 785 g/mol. The van der Waals surface area contributed by atoms with Crippen molar-refractivity contribution in [3.63, 3.8) is 0 Å². The lowest BCUT2D eigenvalue weighted by molar-refractivity contribution is -0.180. The van der Waals surface area contributed by atoms with E-state index < -0.39 is 83.2 Å². The summed E-state index contributed by atoms with van der Waals surface area (Å²) in [5.74, 6) is -1.27. The smallest absolute Gasteiger partial charge is 0.465 e. The first-order valence-corrected chi connectivity index (χ1v) is 21.2. The number of carbonyl (C=O) groups excluding carboxylic acids is 2. The highest BCUT2D eigenvalue weighted by molar-refractivity contribution is 7.36. The number of hydrogen-bond donors (Lipinski definition) is 0. The average molecular weight is 786 g/mol. The first-order valence-electron chi connectivity index (χ1n) is 17.6. The minimum absolute atomic E-state index is 0.0485. The molecule has 1 aliphatic heterocycles. The van der Waals surface area contributed by atoms with E-state index in [1.807, 2.05) is 20.8 Å². The number of benzene rings is 1. The summed E-state index contributed by atoms with van der Waals surface area (Å²) >= 11 is 0. The van der Waals surface area contributed by atoms with Crippen LogP contribution in [0, 0.1) is 0 Å². The van der Waals surface area contributed by atoms with Gasteiger partial charge in [-0.05, 0) is 64.9 Å². The van der Waals surface area contributed by atoms with Crippen LogP contribution in [-0.2, 0) is 49.2 Å². The summed E-state index contributed by atoms with van der Waals surface area (Å²) < 4.78 is 61.1. The fourth-order valence-corrected chi connectivity index (χ4v) is 9.40. The van der Waals surface area contributed by atoms with Crippen LogP contribution < -0.4 is 15.8 Å². The molecule has 0 aliphatic carbocycles. The largest absolute Gasteiger partial charge is 0.693 e. The second-order valence-electron chi connectivity index (χ2n) is 12.7. The number of hydroxylamine groups is 1. The molecule has 0 amide bonds. The standard InChI is InChI=1S/C34H51FN4O12PSi/c1-9-45-31(42)25(7)39(52(44)50-26-16-14-13-15-17-26)48-22-27-30(51-53(10-2,11-3)12-4)34(8,35)32(49-27)37-20-18-28(40)38(33(37)43)23-46-29(41)19-21-47-36-24(5)6/h13-18,20,25,27,30,32H,9-12,19,21-23H2,1-8H3/q+1/t25-,27+,30+,32+,34+/m0/s1. The highest BCUT2D eigenvalue weighted by Gasteiger charge is 2.59. The summed E-state index contributed by atoms with van der Waals surface area (Å²) in [4.78, 5) is 63.3. The van der Waals surface area contributed by atoms with Crippen molar-refractivity contribution < 1.29 is 51.4 Å². The Morgan fingerprint density at radius 1 is 1.08 bits per heavy atom. The predicted molar refractivity (Wildman–Crippen MR) is 194 cm³/mol. The van der Waals surface area contributed by atoms with Gasteiger partial charge in [-0.1, -0.05) is 44.1 Å². The normalized spacial score (nSPS) is 20.8. The van der Waals surface area contributed by atoms with Gasteiger partial charge >= 0.3 is 25.8 Å². The van der Waals surface area contributed by atoms with Crippen molar-refractivity contribution in [1.29, 1.82) is 0 Å². The molecule has 1 aliphatic rings. The number of para-hydroxylation sites is 1. The topological polar surface area (TPSA) is 175 Å². The number of aromatic nitrogens is 2. The minimum Gasteiger partial charge on any atom is -0.465 e. The molecule has 0 spiro atoms. The van der Waals surface area contributed by atoms with E-state index in [9.17, 15) is 23.7 Å². The van der Waals surface area contributed by atoms with E-state index in [0.717, 1.165) is 21.7 Å². The Hall–Kier alpha value is -3.80. The number of hydrogen-bond acceptors (Lipinski definition) is 13. The number of alkyl halides is 1. The molecule has 0 N–H and O–H groups in total. The zero-order valence-corrected chi connectivity index (χ0v) is 33.4. The predicted octanol–water partition coefficient (Wildman–Crippen LogP) is 5.25. The lowest BCUT2D eigenvalue weighted by Gasteiger charge is -2.37. The van der Waals surface area contributed by atoms with Crippen LogP contribution in [0.1, 0.15) is 68.0 Å². The van der Waals surface area contributed by atoms with E-state index in [-0.39, 0.29) is 25.4 Å². The van der Waals surface area contributed by atoms with Crippen molar-refractivity contribution in [2.24, 2.45) is 5.16 Å². The Morgan fingerprint density at radius 3 is 2.34 bits per heavy atom. The molecule has 1 fully saturated rings. The molecule has 1 saturated heterocycles. The Kier molecular flexibility index (Phi) is 16.5. The molecule has 0 bridgehead atoms. The van der Waals surface area contributed by atoms with E-state index in [4.69, 9.17) is 32.8 Å².